The molecular weight excluding hydrogens is 334 g/mol. The fraction of sp³-hybridized carbons (Fsp3) is 0.0625. The fourth-order valence-corrected chi connectivity index (χ4v) is 3.30. The number of anilines is 1. The first-order valence-electron chi connectivity index (χ1n) is 6.19. The predicted molar refractivity (Wildman–Crippen MR) is 87.8 cm³/mol. The molecule has 0 unspecified atom stereocenters. The van der Waals surface area contributed by atoms with Gasteiger partial charge in [0.05, 0.1) is 10.6 Å². The van der Waals surface area contributed by atoms with E-state index in [0.717, 1.165) is 20.6 Å². The number of para-hydroxylation sites is 1. The third kappa shape index (κ3) is 2.67. The zero-order valence-corrected chi connectivity index (χ0v) is 13.2. The number of carbonyl (C=O) groups excluding carboxylic acids is 1. The molecule has 3 rings (SSSR count). The van der Waals surface area contributed by atoms with Gasteiger partial charge in [0.1, 0.15) is 0 Å². The highest BCUT2D eigenvalue weighted by Gasteiger charge is 2.20. The Kier molecular flexibility index (Phi) is 3.68. The molecule has 4 heteroatoms. The van der Waals surface area contributed by atoms with Crippen molar-refractivity contribution in [3.8, 4) is 0 Å². The number of benzene rings is 2. The van der Waals surface area contributed by atoms with Crippen LogP contribution in [0, 0.1) is 6.92 Å². The second kappa shape index (κ2) is 5.46. The van der Waals surface area contributed by atoms with E-state index in [4.69, 9.17) is 0 Å². The van der Waals surface area contributed by atoms with Crippen LogP contribution in [0.4, 0.5) is 5.69 Å². The van der Waals surface area contributed by atoms with Crippen LogP contribution in [-0.4, -0.2) is 5.91 Å². The van der Waals surface area contributed by atoms with E-state index in [-0.39, 0.29) is 5.91 Å². The second-order valence-corrected chi connectivity index (χ2v) is 6.51. The van der Waals surface area contributed by atoms with Crippen molar-refractivity contribution in [1.82, 2.24) is 0 Å². The van der Waals surface area contributed by atoms with Crippen LogP contribution in [0.1, 0.15) is 11.1 Å². The van der Waals surface area contributed by atoms with Crippen LogP contribution in [-0.2, 0) is 4.79 Å². The number of hydrogen-bond donors (Lipinski definition) is 1. The van der Waals surface area contributed by atoms with E-state index in [1.54, 1.807) is 0 Å². The molecule has 1 aliphatic heterocycles. The minimum atomic E-state index is -0.0506. The van der Waals surface area contributed by atoms with Crippen molar-refractivity contribution in [1.29, 1.82) is 0 Å². The largest absolute Gasteiger partial charge is 0.320 e. The first-order valence-corrected chi connectivity index (χ1v) is 7.80. The summed E-state index contributed by atoms with van der Waals surface area (Å²) >= 11 is 5.02. The number of thioether (sulfide) groups is 1. The zero-order valence-electron chi connectivity index (χ0n) is 10.8. The summed E-state index contributed by atoms with van der Waals surface area (Å²) in [5, 5.41) is 2.92. The molecule has 2 aromatic rings. The van der Waals surface area contributed by atoms with Gasteiger partial charge in [-0.25, -0.2) is 0 Å². The second-order valence-electron chi connectivity index (χ2n) is 4.57. The summed E-state index contributed by atoms with van der Waals surface area (Å²) in [4.78, 5) is 13.9. The highest BCUT2D eigenvalue weighted by Crippen LogP contribution is 2.38. The Balaban J connectivity index is 1.96. The van der Waals surface area contributed by atoms with Crippen molar-refractivity contribution in [3.63, 3.8) is 0 Å². The first kappa shape index (κ1) is 13.5. The Morgan fingerprint density at radius 2 is 2.00 bits per heavy atom. The van der Waals surface area contributed by atoms with Gasteiger partial charge in [0.15, 0.2) is 0 Å². The van der Waals surface area contributed by atoms with Crippen LogP contribution in [0.3, 0.4) is 0 Å². The predicted octanol–water partition coefficient (Wildman–Crippen LogP) is 4.84. The summed E-state index contributed by atoms with van der Waals surface area (Å²) < 4.78 is 1.05. The summed E-state index contributed by atoms with van der Waals surface area (Å²) in [6.07, 6.45) is 1.92. The van der Waals surface area contributed by atoms with Crippen LogP contribution in [0.2, 0.25) is 0 Å². The molecule has 2 aromatic carbocycles. The molecule has 0 spiro atoms. The molecule has 0 fully saturated rings. The molecular formula is C16H12BrNOS. The zero-order chi connectivity index (χ0) is 14.1. The number of hydrogen-bond acceptors (Lipinski definition) is 2. The average Bonchev–Trinajstić information content (AvgIpc) is 2.44. The van der Waals surface area contributed by atoms with Crippen molar-refractivity contribution in [2.45, 2.75) is 11.8 Å². The van der Waals surface area contributed by atoms with Gasteiger partial charge in [-0.3, -0.25) is 4.79 Å². The van der Waals surface area contributed by atoms with Gasteiger partial charge in [-0.2, -0.15) is 0 Å². The number of amides is 1. The third-order valence-corrected chi connectivity index (χ3v) is 5.03. The summed E-state index contributed by atoms with van der Waals surface area (Å²) in [5.41, 5.74) is 3.07. The Morgan fingerprint density at radius 1 is 1.20 bits per heavy atom. The van der Waals surface area contributed by atoms with Gasteiger partial charge in [0, 0.05) is 9.37 Å². The molecule has 0 aromatic heterocycles. The average molecular weight is 346 g/mol. The summed E-state index contributed by atoms with van der Waals surface area (Å²) in [6.45, 7) is 2.04. The van der Waals surface area contributed by atoms with Crippen LogP contribution in [0.15, 0.2) is 56.7 Å². The van der Waals surface area contributed by atoms with Crippen molar-refractivity contribution in [3.05, 3.63) is 63.0 Å². The maximum absolute atomic E-state index is 12.1. The molecule has 2 nitrogen and oxygen atoms in total. The Hall–Kier alpha value is -1.52. The summed E-state index contributed by atoms with van der Waals surface area (Å²) in [7, 11) is 0. The van der Waals surface area contributed by atoms with Crippen LogP contribution in [0.25, 0.3) is 6.08 Å². The lowest BCUT2D eigenvalue weighted by atomic mass is 10.1. The topological polar surface area (TPSA) is 29.1 Å². The SMILES string of the molecule is Cc1ccc(/C=C2\Sc3ccccc3NC2=O)cc1Br. The molecule has 0 atom stereocenters. The third-order valence-electron chi connectivity index (χ3n) is 3.07. The van der Waals surface area contributed by atoms with Crippen molar-refractivity contribution < 1.29 is 4.79 Å². The highest BCUT2D eigenvalue weighted by atomic mass is 79.9. The van der Waals surface area contributed by atoms with Gasteiger partial charge in [-0.05, 0) is 42.3 Å². The highest BCUT2D eigenvalue weighted by molar-refractivity contribution is 9.10. The summed E-state index contributed by atoms with van der Waals surface area (Å²) in [6, 6.07) is 13.9. The number of carbonyl (C=O) groups is 1. The number of rotatable bonds is 1. The molecule has 1 amide bonds. The van der Waals surface area contributed by atoms with E-state index in [1.165, 1.54) is 17.3 Å². The van der Waals surface area contributed by atoms with E-state index in [9.17, 15) is 4.79 Å². The maximum Gasteiger partial charge on any atom is 0.262 e. The molecule has 0 aliphatic carbocycles. The molecule has 1 aliphatic rings. The standard InChI is InChI=1S/C16H12BrNOS/c1-10-6-7-11(8-12(10)17)9-15-16(19)18-13-4-2-3-5-14(13)20-15/h2-9H,1H3,(H,18,19)/b15-9-. The number of nitrogens with one attached hydrogen (secondary N) is 1. The molecule has 0 saturated carbocycles. The normalized spacial score (nSPS) is 15.9. The van der Waals surface area contributed by atoms with Gasteiger partial charge in [0.2, 0.25) is 0 Å². The van der Waals surface area contributed by atoms with E-state index in [1.807, 2.05) is 55.5 Å². The molecule has 0 bridgehead atoms. The minimum Gasteiger partial charge on any atom is -0.320 e. The molecule has 1 heterocycles. The van der Waals surface area contributed by atoms with Gasteiger partial charge in [-0.15, -0.1) is 0 Å². The van der Waals surface area contributed by atoms with E-state index < -0.39 is 0 Å². The Morgan fingerprint density at radius 3 is 2.80 bits per heavy atom. The molecule has 0 saturated heterocycles. The maximum atomic E-state index is 12.1. The Bertz CT molecular complexity index is 724. The van der Waals surface area contributed by atoms with Crippen molar-refractivity contribution in [2.75, 3.05) is 5.32 Å². The van der Waals surface area contributed by atoms with E-state index in [2.05, 4.69) is 21.2 Å². The molecule has 1 N–H and O–H groups in total. The lowest BCUT2D eigenvalue weighted by molar-refractivity contribution is -0.112. The summed E-state index contributed by atoms with van der Waals surface area (Å²) in [5.74, 6) is -0.0506. The Labute approximate surface area is 130 Å². The monoisotopic (exact) mass is 345 g/mol. The molecule has 20 heavy (non-hydrogen) atoms. The number of halogens is 1. The fourth-order valence-electron chi connectivity index (χ4n) is 1.95. The van der Waals surface area contributed by atoms with E-state index >= 15 is 0 Å². The number of fused-ring (bicyclic) bond motifs is 1. The van der Waals surface area contributed by atoms with Crippen molar-refractivity contribution >= 4 is 45.4 Å². The molecule has 100 valence electrons. The first-order chi connectivity index (χ1) is 9.63. The van der Waals surface area contributed by atoms with Gasteiger partial charge >= 0.3 is 0 Å². The van der Waals surface area contributed by atoms with Crippen LogP contribution < -0.4 is 5.32 Å². The van der Waals surface area contributed by atoms with Gasteiger partial charge < -0.3 is 5.32 Å². The van der Waals surface area contributed by atoms with Gasteiger partial charge in [0.25, 0.3) is 5.91 Å². The minimum absolute atomic E-state index is 0.0506. The number of aryl methyl sites for hydroxylation is 1. The van der Waals surface area contributed by atoms with E-state index in [0.29, 0.717) is 4.91 Å². The van der Waals surface area contributed by atoms with Crippen LogP contribution >= 0.6 is 27.7 Å². The van der Waals surface area contributed by atoms with Crippen molar-refractivity contribution in [2.24, 2.45) is 0 Å². The lowest BCUT2D eigenvalue weighted by Gasteiger charge is -2.18. The van der Waals surface area contributed by atoms with Crippen LogP contribution in [0.5, 0.6) is 0 Å². The molecule has 0 radical (unpaired) electrons. The lowest BCUT2D eigenvalue weighted by Crippen LogP contribution is -2.17. The smallest absolute Gasteiger partial charge is 0.262 e. The quantitative estimate of drug-likeness (QED) is 0.749. The van der Waals surface area contributed by atoms with Gasteiger partial charge in [-0.1, -0.05) is 52.0 Å².